The van der Waals surface area contributed by atoms with Crippen LogP contribution in [0.3, 0.4) is 0 Å². The van der Waals surface area contributed by atoms with Crippen molar-refractivity contribution in [2.24, 2.45) is 5.92 Å². The van der Waals surface area contributed by atoms with E-state index in [4.69, 9.17) is 4.74 Å². The minimum Gasteiger partial charge on any atom is -0.508 e. The van der Waals surface area contributed by atoms with Gasteiger partial charge in [0.05, 0.1) is 12.2 Å². The van der Waals surface area contributed by atoms with E-state index in [0.29, 0.717) is 18.2 Å². The lowest BCUT2D eigenvalue weighted by atomic mass is 10.0. The summed E-state index contributed by atoms with van der Waals surface area (Å²) in [4.78, 5) is 13.4. The van der Waals surface area contributed by atoms with E-state index in [1.54, 1.807) is 29.2 Å². The highest BCUT2D eigenvalue weighted by atomic mass is 16.6. The molecule has 2 fully saturated rings. The van der Waals surface area contributed by atoms with Gasteiger partial charge in [-0.1, -0.05) is 6.07 Å². The van der Waals surface area contributed by atoms with Gasteiger partial charge in [0.1, 0.15) is 11.9 Å². The molecule has 1 amide bonds. The number of hydrogen-bond donors (Lipinski definition) is 2. The van der Waals surface area contributed by atoms with Crippen LogP contribution < -0.4 is 10.2 Å². The number of nitrogens with one attached hydrogen (secondary N) is 1. The van der Waals surface area contributed by atoms with Crippen LogP contribution in [0.25, 0.3) is 0 Å². The van der Waals surface area contributed by atoms with E-state index in [-0.39, 0.29) is 17.9 Å². The van der Waals surface area contributed by atoms with Gasteiger partial charge in [0.25, 0.3) is 0 Å². The molecule has 96 valence electrons. The van der Waals surface area contributed by atoms with Crippen LogP contribution in [0.5, 0.6) is 5.75 Å². The number of hydrogen-bond acceptors (Lipinski definition) is 4. The molecule has 0 aliphatic carbocycles. The van der Waals surface area contributed by atoms with Gasteiger partial charge in [-0.15, -0.1) is 0 Å². The Labute approximate surface area is 105 Å². The molecule has 2 saturated heterocycles. The Morgan fingerprint density at radius 2 is 2.33 bits per heavy atom. The fraction of sp³-hybridized carbons (Fsp3) is 0.462. The maximum Gasteiger partial charge on any atom is 0.414 e. The van der Waals surface area contributed by atoms with Crippen LogP contribution in [0.2, 0.25) is 0 Å². The standard InChI is InChI=1S/C13H16N2O3/c16-11-3-1-2-10(6-11)15-8-12(18-13(15)17)9-4-5-14-7-9/h1-3,6,9,12,14,16H,4-5,7-8H2. The third-order valence-corrected chi connectivity index (χ3v) is 3.60. The number of amides is 1. The van der Waals surface area contributed by atoms with E-state index in [1.807, 2.05) is 0 Å². The number of cyclic esters (lactones) is 1. The maximum atomic E-state index is 11.9. The first kappa shape index (κ1) is 11.3. The van der Waals surface area contributed by atoms with Crippen LogP contribution in [0.4, 0.5) is 10.5 Å². The lowest BCUT2D eigenvalue weighted by Crippen LogP contribution is -2.28. The van der Waals surface area contributed by atoms with Gasteiger partial charge in [0, 0.05) is 18.5 Å². The molecule has 0 bridgehead atoms. The van der Waals surface area contributed by atoms with Gasteiger partial charge in [0.15, 0.2) is 0 Å². The van der Waals surface area contributed by atoms with Crippen molar-refractivity contribution in [3.05, 3.63) is 24.3 Å². The van der Waals surface area contributed by atoms with Crippen LogP contribution in [0.15, 0.2) is 24.3 Å². The molecule has 0 saturated carbocycles. The number of nitrogens with zero attached hydrogens (tertiary/aromatic N) is 1. The molecule has 5 heteroatoms. The summed E-state index contributed by atoms with van der Waals surface area (Å²) in [6.07, 6.45) is 0.679. The van der Waals surface area contributed by atoms with Crippen molar-refractivity contribution in [2.75, 3.05) is 24.5 Å². The molecular weight excluding hydrogens is 232 g/mol. The Morgan fingerprint density at radius 1 is 1.44 bits per heavy atom. The van der Waals surface area contributed by atoms with E-state index in [2.05, 4.69) is 5.32 Å². The van der Waals surface area contributed by atoms with Gasteiger partial charge in [-0.25, -0.2) is 4.79 Å². The molecule has 1 aromatic rings. The van der Waals surface area contributed by atoms with Crippen molar-refractivity contribution in [1.82, 2.24) is 5.32 Å². The predicted octanol–water partition coefficient (Wildman–Crippen LogP) is 1.33. The summed E-state index contributed by atoms with van der Waals surface area (Å²) in [5.74, 6) is 0.558. The Kier molecular flexibility index (Phi) is 2.83. The number of benzene rings is 1. The van der Waals surface area contributed by atoms with Gasteiger partial charge in [-0.05, 0) is 25.1 Å². The van der Waals surface area contributed by atoms with E-state index in [1.165, 1.54) is 0 Å². The van der Waals surface area contributed by atoms with E-state index >= 15 is 0 Å². The fourth-order valence-corrected chi connectivity index (χ4v) is 2.60. The summed E-state index contributed by atoms with van der Waals surface area (Å²) in [7, 11) is 0. The Hall–Kier alpha value is -1.75. The number of anilines is 1. The van der Waals surface area contributed by atoms with Gasteiger partial charge in [-0.3, -0.25) is 4.90 Å². The summed E-state index contributed by atoms with van der Waals surface area (Å²) >= 11 is 0. The molecular formula is C13H16N2O3. The monoisotopic (exact) mass is 248 g/mol. The predicted molar refractivity (Wildman–Crippen MR) is 66.7 cm³/mol. The first-order valence-corrected chi connectivity index (χ1v) is 6.22. The molecule has 2 aliphatic heterocycles. The lowest BCUT2D eigenvalue weighted by Gasteiger charge is -2.15. The molecule has 0 spiro atoms. The van der Waals surface area contributed by atoms with Crippen molar-refractivity contribution in [3.8, 4) is 5.75 Å². The molecule has 1 aromatic carbocycles. The Balaban J connectivity index is 1.76. The molecule has 2 atom stereocenters. The van der Waals surface area contributed by atoms with E-state index in [9.17, 15) is 9.90 Å². The van der Waals surface area contributed by atoms with E-state index in [0.717, 1.165) is 19.5 Å². The second-order valence-electron chi connectivity index (χ2n) is 4.81. The number of carbonyl (C=O) groups is 1. The van der Waals surface area contributed by atoms with Crippen molar-refractivity contribution < 1.29 is 14.6 Å². The number of phenols is 1. The van der Waals surface area contributed by atoms with Crippen molar-refractivity contribution in [3.63, 3.8) is 0 Å². The molecule has 3 rings (SSSR count). The van der Waals surface area contributed by atoms with E-state index < -0.39 is 0 Å². The van der Waals surface area contributed by atoms with Gasteiger partial charge >= 0.3 is 6.09 Å². The van der Waals surface area contributed by atoms with Crippen LogP contribution in [-0.2, 0) is 4.74 Å². The first-order valence-electron chi connectivity index (χ1n) is 6.22. The fourth-order valence-electron chi connectivity index (χ4n) is 2.60. The second kappa shape index (κ2) is 4.49. The summed E-state index contributed by atoms with van der Waals surface area (Å²) in [5, 5.41) is 12.7. The summed E-state index contributed by atoms with van der Waals surface area (Å²) in [6.45, 7) is 2.46. The molecule has 0 radical (unpaired) electrons. The highest BCUT2D eigenvalue weighted by Crippen LogP contribution is 2.28. The number of rotatable bonds is 2. The first-order chi connectivity index (χ1) is 8.74. The average Bonchev–Trinajstić information content (AvgIpc) is 2.97. The third kappa shape index (κ3) is 2.01. The van der Waals surface area contributed by atoms with Gasteiger partial charge in [-0.2, -0.15) is 0 Å². The van der Waals surface area contributed by atoms with Crippen molar-refractivity contribution in [1.29, 1.82) is 0 Å². The maximum absolute atomic E-state index is 11.9. The number of carbonyl (C=O) groups excluding carboxylic acids is 1. The topological polar surface area (TPSA) is 61.8 Å². The second-order valence-corrected chi connectivity index (χ2v) is 4.81. The quantitative estimate of drug-likeness (QED) is 0.828. The minimum absolute atomic E-state index is 0.0464. The minimum atomic E-state index is -0.322. The molecule has 2 N–H and O–H groups in total. The zero-order valence-electron chi connectivity index (χ0n) is 10.0. The zero-order chi connectivity index (χ0) is 12.5. The third-order valence-electron chi connectivity index (χ3n) is 3.60. The lowest BCUT2D eigenvalue weighted by molar-refractivity contribution is 0.111. The smallest absolute Gasteiger partial charge is 0.414 e. The number of phenolic OH excluding ortho intramolecular Hbond substituents is 1. The van der Waals surface area contributed by atoms with Crippen molar-refractivity contribution in [2.45, 2.75) is 12.5 Å². The summed E-state index contributed by atoms with van der Waals surface area (Å²) in [6, 6.07) is 6.69. The van der Waals surface area contributed by atoms with Gasteiger partial charge < -0.3 is 15.2 Å². The van der Waals surface area contributed by atoms with Gasteiger partial charge in [0.2, 0.25) is 0 Å². The molecule has 0 aromatic heterocycles. The number of aromatic hydroxyl groups is 1. The molecule has 18 heavy (non-hydrogen) atoms. The van der Waals surface area contributed by atoms with Crippen LogP contribution in [-0.4, -0.2) is 36.9 Å². The highest BCUT2D eigenvalue weighted by molar-refractivity contribution is 5.90. The molecule has 2 unspecified atom stereocenters. The molecule has 2 heterocycles. The Morgan fingerprint density at radius 3 is 3.06 bits per heavy atom. The molecule has 5 nitrogen and oxygen atoms in total. The average molecular weight is 248 g/mol. The SMILES string of the molecule is O=C1OC(C2CCNC2)CN1c1cccc(O)c1. The largest absolute Gasteiger partial charge is 0.508 e. The number of ether oxygens (including phenoxy) is 1. The van der Waals surface area contributed by atoms with Crippen LogP contribution in [0.1, 0.15) is 6.42 Å². The van der Waals surface area contributed by atoms with Crippen LogP contribution in [0, 0.1) is 5.92 Å². The molecule has 2 aliphatic rings. The summed E-state index contributed by atoms with van der Waals surface area (Å²) in [5.41, 5.74) is 0.688. The van der Waals surface area contributed by atoms with Crippen molar-refractivity contribution >= 4 is 11.8 Å². The highest BCUT2D eigenvalue weighted by Gasteiger charge is 2.38. The van der Waals surface area contributed by atoms with Crippen LogP contribution >= 0.6 is 0 Å². The summed E-state index contributed by atoms with van der Waals surface area (Å²) < 4.78 is 5.42. The normalized spacial score (nSPS) is 27.6. The Bertz CT molecular complexity index is 457. The zero-order valence-corrected chi connectivity index (χ0v) is 10.0.